The number of oxazole rings is 1. The number of aryl methyl sites for hydroxylation is 1. The van der Waals surface area contributed by atoms with E-state index in [1.165, 1.54) is 0 Å². The lowest BCUT2D eigenvalue weighted by atomic mass is 10.2. The van der Waals surface area contributed by atoms with Crippen LogP contribution in [0.25, 0.3) is 22.8 Å². The van der Waals surface area contributed by atoms with Gasteiger partial charge in [0.25, 0.3) is 0 Å². The lowest BCUT2D eigenvalue weighted by Gasteiger charge is -2.12. The molecule has 0 radical (unpaired) electrons. The Hall–Kier alpha value is -2.96. The third-order valence-electron chi connectivity index (χ3n) is 4.31. The normalized spacial score (nSPS) is 11.3. The van der Waals surface area contributed by atoms with Crippen LogP contribution in [-0.2, 0) is 13.1 Å². The smallest absolute Gasteiger partial charge is 0.241 e. The van der Waals surface area contributed by atoms with E-state index in [1.54, 1.807) is 0 Å². The molecule has 0 saturated carbocycles. The van der Waals surface area contributed by atoms with Crippen LogP contribution in [0.5, 0.6) is 0 Å². The summed E-state index contributed by atoms with van der Waals surface area (Å²) in [6, 6.07) is 17.2. The van der Waals surface area contributed by atoms with E-state index in [-0.39, 0.29) is 0 Å². The molecule has 4 aromatic rings. The quantitative estimate of drug-likeness (QED) is 0.459. The van der Waals surface area contributed by atoms with Crippen LogP contribution in [0.2, 0.25) is 5.02 Å². The van der Waals surface area contributed by atoms with Gasteiger partial charge in [0.2, 0.25) is 17.6 Å². The molecule has 0 aliphatic carbocycles. The molecule has 0 bridgehead atoms. The van der Waals surface area contributed by atoms with Crippen molar-refractivity contribution in [1.29, 1.82) is 0 Å². The molecule has 7 heteroatoms. The van der Waals surface area contributed by atoms with Gasteiger partial charge in [-0.25, -0.2) is 4.98 Å². The summed E-state index contributed by atoms with van der Waals surface area (Å²) in [6.07, 6.45) is 0. The predicted octanol–water partition coefficient (Wildman–Crippen LogP) is 4.99. The van der Waals surface area contributed by atoms with Crippen molar-refractivity contribution in [2.75, 3.05) is 7.05 Å². The highest BCUT2D eigenvalue weighted by Crippen LogP contribution is 2.24. The summed E-state index contributed by atoms with van der Waals surface area (Å²) < 4.78 is 11.2. The third-order valence-corrected chi connectivity index (χ3v) is 4.56. The Balaban J connectivity index is 1.43. The maximum Gasteiger partial charge on any atom is 0.241 e. The molecule has 0 atom stereocenters. The van der Waals surface area contributed by atoms with Gasteiger partial charge in [0, 0.05) is 22.7 Å². The van der Waals surface area contributed by atoms with Crippen molar-refractivity contribution in [2.24, 2.45) is 0 Å². The second-order valence-corrected chi connectivity index (χ2v) is 7.02. The number of hydrogen-bond acceptors (Lipinski definition) is 6. The third kappa shape index (κ3) is 4.13. The highest BCUT2D eigenvalue weighted by atomic mass is 35.5. The lowest BCUT2D eigenvalue weighted by molar-refractivity contribution is 0.258. The Kier molecular flexibility index (Phi) is 5.23. The number of aromatic nitrogens is 3. The Morgan fingerprint density at radius 3 is 2.43 bits per heavy atom. The number of halogens is 1. The van der Waals surface area contributed by atoms with E-state index in [0.29, 0.717) is 35.7 Å². The molecule has 0 amide bonds. The van der Waals surface area contributed by atoms with Crippen LogP contribution in [-0.4, -0.2) is 27.1 Å². The van der Waals surface area contributed by atoms with Crippen LogP contribution in [0.3, 0.4) is 0 Å². The Bertz CT molecular complexity index is 1060. The molecule has 0 spiro atoms. The minimum absolute atomic E-state index is 0.516. The average Bonchev–Trinajstić information content (AvgIpc) is 3.30. The monoisotopic (exact) mass is 394 g/mol. The molecule has 0 unspecified atom stereocenters. The van der Waals surface area contributed by atoms with E-state index < -0.39 is 0 Å². The second kappa shape index (κ2) is 7.96. The van der Waals surface area contributed by atoms with Crippen molar-refractivity contribution in [2.45, 2.75) is 20.0 Å². The topological polar surface area (TPSA) is 68.2 Å². The average molecular weight is 395 g/mol. The van der Waals surface area contributed by atoms with Crippen LogP contribution >= 0.6 is 11.6 Å². The summed E-state index contributed by atoms with van der Waals surface area (Å²) in [5, 5.41) is 4.74. The lowest BCUT2D eigenvalue weighted by Crippen LogP contribution is -2.18. The van der Waals surface area contributed by atoms with E-state index in [9.17, 15) is 0 Å². The zero-order valence-electron chi connectivity index (χ0n) is 15.6. The molecule has 0 fully saturated rings. The molecule has 2 aromatic heterocycles. The maximum atomic E-state index is 5.94. The molecule has 6 nitrogen and oxygen atoms in total. The summed E-state index contributed by atoms with van der Waals surface area (Å²) in [5.41, 5.74) is 2.70. The minimum Gasteiger partial charge on any atom is -0.441 e. The fraction of sp³-hybridized carbons (Fsp3) is 0.190. The van der Waals surface area contributed by atoms with Gasteiger partial charge >= 0.3 is 0 Å². The van der Waals surface area contributed by atoms with Crippen molar-refractivity contribution in [3.05, 3.63) is 77.0 Å². The first kappa shape index (κ1) is 18.4. The maximum absolute atomic E-state index is 5.94. The molecule has 0 saturated heterocycles. The van der Waals surface area contributed by atoms with E-state index in [4.69, 9.17) is 20.5 Å². The first-order valence-electron chi connectivity index (χ1n) is 8.87. The first-order valence-corrected chi connectivity index (χ1v) is 9.25. The van der Waals surface area contributed by atoms with Gasteiger partial charge in [0.1, 0.15) is 5.76 Å². The summed E-state index contributed by atoms with van der Waals surface area (Å²) in [4.78, 5) is 11.2. The summed E-state index contributed by atoms with van der Waals surface area (Å²) >= 11 is 5.94. The fourth-order valence-electron chi connectivity index (χ4n) is 2.86. The molecule has 2 aromatic carbocycles. The standard InChI is InChI=1S/C21H19ClN4O2/c1-14-18(23-21(27-14)16-8-10-17(22)11-9-16)12-26(2)13-19-24-20(25-28-19)15-6-4-3-5-7-15/h3-11H,12-13H2,1-2H3. The van der Waals surface area contributed by atoms with Crippen LogP contribution in [0, 0.1) is 6.92 Å². The number of rotatable bonds is 6. The highest BCUT2D eigenvalue weighted by molar-refractivity contribution is 6.30. The van der Waals surface area contributed by atoms with E-state index in [2.05, 4.69) is 20.0 Å². The zero-order chi connectivity index (χ0) is 19.5. The molecule has 2 heterocycles. The zero-order valence-corrected chi connectivity index (χ0v) is 16.3. The number of nitrogens with zero attached hydrogens (tertiary/aromatic N) is 4. The van der Waals surface area contributed by atoms with Crippen molar-refractivity contribution < 1.29 is 8.94 Å². The van der Waals surface area contributed by atoms with Gasteiger partial charge < -0.3 is 8.94 Å². The van der Waals surface area contributed by atoms with Crippen molar-refractivity contribution in [3.8, 4) is 22.8 Å². The first-order chi connectivity index (χ1) is 13.6. The molecule has 4 rings (SSSR count). The van der Waals surface area contributed by atoms with Crippen LogP contribution < -0.4 is 0 Å². The van der Waals surface area contributed by atoms with Crippen molar-refractivity contribution >= 4 is 11.6 Å². The van der Waals surface area contributed by atoms with Crippen LogP contribution in [0.1, 0.15) is 17.3 Å². The Morgan fingerprint density at radius 2 is 1.68 bits per heavy atom. The summed E-state index contributed by atoms with van der Waals surface area (Å²) in [5.74, 6) is 2.51. The molecule has 0 N–H and O–H groups in total. The van der Waals surface area contributed by atoms with Gasteiger partial charge in [-0.3, -0.25) is 4.90 Å². The fourth-order valence-corrected chi connectivity index (χ4v) is 2.98. The van der Waals surface area contributed by atoms with E-state index >= 15 is 0 Å². The summed E-state index contributed by atoms with van der Waals surface area (Å²) in [6.45, 7) is 3.03. The largest absolute Gasteiger partial charge is 0.441 e. The van der Waals surface area contributed by atoms with Crippen molar-refractivity contribution in [1.82, 2.24) is 20.0 Å². The van der Waals surface area contributed by atoms with E-state index in [0.717, 1.165) is 22.6 Å². The second-order valence-electron chi connectivity index (χ2n) is 6.58. The molecule has 142 valence electrons. The number of hydrogen-bond donors (Lipinski definition) is 0. The predicted molar refractivity (Wildman–Crippen MR) is 107 cm³/mol. The van der Waals surface area contributed by atoms with Crippen LogP contribution in [0.4, 0.5) is 0 Å². The highest BCUT2D eigenvalue weighted by Gasteiger charge is 2.16. The summed E-state index contributed by atoms with van der Waals surface area (Å²) in [7, 11) is 1.97. The van der Waals surface area contributed by atoms with Gasteiger partial charge in [-0.2, -0.15) is 4.98 Å². The Labute approximate surface area is 167 Å². The number of benzene rings is 2. The van der Waals surface area contributed by atoms with E-state index in [1.807, 2.05) is 68.6 Å². The van der Waals surface area contributed by atoms with Gasteiger partial charge in [-0.1, -0.05) is 47.1 Å². The van der Waals surface area contributed by atoms with Gasteiger partial charge in [0.05, 0.1) is 12.2 Å². The molecule has 0 aliphatic rings. The van der Waals surface area contributed by atoms with Crippen molar-refractivity contribution in [3.63, 3.8) is 0 Å². The van der Waals surface area contributed by atoms with Gasteiger partial charge in [-0.05, 0) is 38.2 Å². The van der Waals surface area contributed by atoms with Crippen LogP contribution in [0.15, 0.2) is 63.5 Å². The SMILES string of the molecule is Cc1oc(-c2ccc(Cl)cc2)nc1CN(C)Cc1nc(-c2ccccc2)no1. The molecule has 0 aliphatic heterocycles. The van der Waals surface area contributed by atoms with Gasteiger partial charge in [-0.15, -0.1) is 0 Å². The van der Waals surface area contributed by atoms with Gasteiger partial charge in [0.15, 0.2) is 0 Å². The Morgan fingerprint density at radius 1 is 0.929 bits per heavy atom. The molecular formula is C21H19ClN4O2. The molecule has 28 heavy (non-hydrogen) atoms. The minimum atomic E-state index is 0.516. The molecular weight excluding hydrogens is 376 g/mol.